The van der Waals surface area contributed by atoms with Crippen molar-refractivity contribution in [3.05, 3.63) is 104 Å². The predicted octanol–water partition coefficient (Wildman–Crippen LogP) is 5.06. The maximum Gasteiger partial charge on any atom is 0.340 e. The van der Waals surface area contributed by atoms with E-state index < -0.39 is 76.4 Å². The Balaban J connectivity index is 1.41. The van der Waals surface area contributed by atoms with E-state index in [-0.39, 0.29) is 63.5 Å². The largest absolute Gasteiger partial charge is 0.478 e. The Morgan fingerprint density at radius 1 is 1.02 bits per heavy atom. The Morgan fingerprint density at radius 2 is 1.80 bits per heavy atom. The highest BCUT2D eigenvalue weighted by Gasteiger charge is 2.49. The molecule has 8 unspecified atom stereocenters. The van der Waals surface area contributed by atoms with Crippen LogP contribution >= 0.6 is 0 Å². The average molecular weight is 855 g/mol. The molecule has 1 fully saturated rings. The molecule has 14 nitrogen and oxygen atoms in total. The summed E-state index contributed by atoms with van der Waals surface area (Å²) in [5, 5.41) is 54.5. The molecular formula is C46H46O14S. The van der Waals surface area contributed by atoms with E-state index in [1.165, 1.54) is 18.4 Å². The fraction of sp³-hybridized carbons (Fsp3) is 0.413. The van der Waals surface area contributed by atoms with E-state index in [1.54, 1.807) is 12.1 Å². The Kier molecular flexibility index (Phi) is 10.4. The summed E-state index contributed by atoms with van der Waals surface area (Å²) in [6.07, 6.45) is 8.81. The molecule has 0 bridgehead atoms. The number of carboxylic acid groups (broad SMARTS) is 1. The van der Waals surface area contributed by atoms with Crippen LogP contribution in [0.3, 0.4) is 0 Å². The third-order valence-electron chi connectivity index (χ3n) is 13.2. The van der Waals surface area contributed by atoms with Gasteiger partial charge in [0.25, 0.3) is 16.4 Å². The van der Waals surface area contributed by atoms with Crippen molar-refractivity contribution in [1.29, 1.82) is 0 Å². The summed E-state index contributed by atoms with van der Waals surface area (Å²) in [4.78, 5) is 44.0. The van der Waals surface area contributed by atoms with Gasteiger partial charge in [0.05, 0.1) is 12.4 Å². The Bertz CT molecular complexity index is 2660. The number of carboxylic acids is 1. The fourth-order valence-corrected chi connectivity index (χ4v) is 11.0. The van der Waals surface area contributed by atoms with Gasteiger partial charge < -0.3 is 39.7 Å². The van der Waals surface area contributed by atoms with Gasteiger partial charge in [0, 0.05) is 51.0 Å². The van der Waals surface area contributed by atoms with Crippen molar-refractivity contribution in [2.45, 2.75) is 89.3 Å². The molecule has 2 aromatic carbocycles. The van der Waals surface area contributed by atoms with Gasteiger partial charge in [-0.25, -0.2) is 4.79 Å². The molecule has 15 heteroatoms. The molecule has 2 heterocycles. The molecule has 2 aromatic rings. The first-order chi connectivity index (χ1) is 29.1. The lowest BCUT2D eigenvalue weighted by molar-refractivity contribution is -0.186. The molecule has 0 saturated heterocycles. The van der Waals surface area contributed by atoms with Crippen LogP contribution in [-0.4, -0.2) is 93.0 Å². The van der Waals surface area contributed by atoms with Gasteiger partial charge >= 0.3 is 5.97 Å². The number of benzene rings is 2. The van der Waals surface area contributed by atoms with Crippen LogP contribution in [0.2, 0.25) is 0 Å². The van der Waals surface area contributed by atoms with E-state index in [0.29, 0.717) is 69.8 Å². The molecule has 320 valence electrons. The molecule has 0 spiro atoms. The van der Waals surface area contributed by atoms with E-state index in [4.69, 9.17) is 14.2 Å². The van der Waals surface area contributed by atoms with Crippen molar-refractivity contribution in [3.8, 4) is 5.75 Å². The van der Waals surface area contributed by atoms with Crippen LogP contribution in [0.4, 0.5) is 0 Å². The molecule has 2 aliphatic heterocycles. The second-order valence-electron chi connectivity index (χ2n) is 16.9. The van der Waals surface area contributed by atoms with Crippen molar-refractivity contribution in [1.82, 2.24) is 0 Å². The lowest BCUT2D eigenvalue weighted by atomic mass is 9.62. The van der Waals surface area contributed by atoms with E-state index in [0.717, 1.165) is 18.9 Å². The molecule has 8 atom stereocenters. The maximum atomic E-state index is 15.3. The molecule has 61 heavy (non-hydrogen) atoms. The van der Waals surface area contributed by atoms with Crippen LogP contribution in [0.1, 0.15) is 96.5 Å². The number of aliphatic hydroxyl groups excluding tert-OH is 4. The van der Waals surface area contributed by atoms with Crippen LogP contribution in [0.15, 0.2) is 70.9 Å². The number of hydrogen-bond acceptors (Lipinski definition) is 12. The summed E-state index contributed by atoms with van der Waals surface area (Å²) >= 11 is 0. The first-order valence-corrected chi connectivity index (χ1v) is 22.3. The van der Waals surface area contributed by atoms with Crippen molar-refractivity contribution in [2.75, 3.05) is 12.4 Å². The summed E-state index contributed by atoms with van der Waals surface area (Å²) in [6.45, 7) is 3.04. The molecule has 0 radical (unpaired) electrons. The number of hydrogen-bond donors (Lipinski definition) is 6. The van der Waals surface area contributed by atoms with Gasteiger partial charge in [0.15, 0.2) is 17.7 Å². The molecular weight excluding hydrogens is 809 g/mol. The van der Waals surface area contributed by atoms with Crippen LogP contribution in [0, 0.1) is 17.8 Å². The van der Waals surface area contributed by atoms with Gasteiger partial charge in [-0.05, 0) is 108 Å². The Labute approximate surface area is 351 Å². The minimum atomic E-state index is -4.72. The summed E-state index contributed by atoms with van der Waals surface area (Å²) in [5.41, 5.74) is 2.47. The van der Waals surface area contributed by atoms with Gasteiger partial charge in [0.1, 0.15) is 41.3 Å². The highest BCUT2D eigenvalue weighted by molar-refractivity contribution is 7.86. The van der Waals surface area contributed by atoms with Gasteiger partial charge in [-0.15, -0.1) is 0 Å². The van der Waals surface area contributed by atoms with Crippen molar-refractivity contribution >= 4 is 55.6 Å². The van der Waals surface area contributed by atoms with Crippen LogP contribution in [-0.2, 0) is 35.6 Å². The highest BCUT2D eigenvalue weighted by atomic mass is 32.2. The molecule has 9 rings (SSSR count). The third-order valence-corrected chi connectivity index (χ3v) is 13.9. The SMILES string of the molecule is CCc1c2c3c4c(cc(C(=O)C5CCC(O)C(C)C5)c5c4c1OC=C5)C(C(=O)C1C=CCCC1)=C1C=C(CS(=O)(=O)O)C=C(C(OC4OC(CO)=CC(O)C4O)=C2C(=O)O)C13. The van der Waals surface area contributed by atoms with E-state index >= 15 is 4.79 Å². The van der Waals surface area contributed by atoms with Crippen LogP contribution in [0.25, 0.3) is 28.0 Å². The molecule has 5 aliphatic carbocycles. The van der Waals surface area contributed by atoms with Gasteiger partial charge in [0.2, 0.25) is 0 Å². The summed E-state index contributed by atoms with van der Waals surface area (Å²) in [5.74, 6) is -5.26. The average Bonchev–Trinajstić information content (AvgIpc) is 3.23. The van der Waals surface area contributed by atoms with Crippen LogP contribution in [0.5, 0.6) is 5.75 Å². The minimum Gasteiger partial charge on any atom is -0.478 e. The van der Waals surface area contributed by atoms with Crippen molar-refractivity contribution < 1.29 is 67.1 Å². The highest BCUT2D eigenvalue weighted by Crippen LogP contribution is 2.61. The number of ether oxygens (including phenoxy) is 3. The number of carbonyl (C=O) groups is 3. The zero-order chi connectivity index (χ0) is 43.2. The number of aliphatic carboxylic acids is 1. The molecule has 6 N–H and O–H groups in total. The topological polar surface area (TPSA) is 234 Å². The standard InChI is InChI=1S/C46H46O14S/c1-3-25-35-38-33-28(14-21(19-61(55,56)57)15-30(33)44(39(35)45(53)54)60-46-42(52)32(49)16-24(18-47)59-46)34(41(51)22-7-5-4-6-8-22)29-17-27(26-11-12-58-43(25)37(26)36(29)38)40(50)23-9-10-31(48)20(2)13-23/h5,7,11-12,14-17,20,22-23,31-33,42,46-49,52H,3-4,6,8-10,13,18-19H2,1-2H3,(H,53,54)(H,55,56,57). The quantitative estimate of drug-likeness (QED) is 0.0986. The number of rotatable bonds is 11. The van der Waals surface area contributed by atoms with Gasteiger partial charge in [-0.2, -0.15) is 8.42 Å². The summed E-state index contributed by atoms with van der Waals surface area (Å²) in [6, 6.07) is 1.70. The number of aliphatic hydroxyl groups is 4. The maximum absolute atomic E-state index is 15.3. The normalized spacial score (nSPS) is 28.7. The lowest BCUT2D eigenvalue weighted by Gasteiger charge is -2.43. The van der Waals surface area contributed by atoms with E-state index in [1.807, 2.05) is 26.0 Å². The number of allylic oxidation sites excluding steroid dienone is 7. The Hall–Kier alpha value is -5.16. The minimum absolute atomic E-state index is 0.00861. The second kappa shape index (κ2) is 15.3. The molecule has 7 aliphatic rings. The first-order valence-electron chi connectivity index (χ1n) is 20.7. The second-order valence-corrected chi connectivity index (χ2v) is 18.4. The van der Waals surface area contributed by atoms with Crippen molar-refractivity contribution in [2.24, 2.45) is 17.8 Å². The van der Waals surface area contributed by atoms with Gasteiger partial charge in [-0.1, -0.05) is 32.1 Å². The number of ketones is 2. The van der Waals surface area contributed by atoms with E-state index in [2.05, 4.69) is 0 Å². The number of carbonyl (C=O) groups excluding carboxylic acids is 2. The summed E-state index contributed by atoms with van der Waals surface area (Å²) < 4.78 is 53.7. The Morgan fingerprint density at radius 3 is 2.48 bits per heavy atom. The third kappa shape index (κ3) is 6.73. The van der Waals surface area contributed by atoms with Crippen LogP contribution < -0.4 is 4.74 Å². The first kappa shape index (κ1) is 41.2. The predicted molar refractivity (Wildman–Crippen MR) is 221 cm³/mol. The molecule has 0 amide bonds. The lowest BCUT2D eigenvalue weighted by Crippen LogP contribution is -2.44. The van der Waals surface area contributed by atoms with Crippen molar-refractivity contribution in [3.63, 3.8) is 0 Å². The monoisotopic (exact) mass is 854 g/mol. The molecule has 1 saturated carbocycles. The smallest absolute Gasteiger partial charge is 0.340 e. The molecule has 0 aromatic heterocycles. The zero-order valence-electron chi connectivity index (χ0n) is 33.5. The zero-order valence-corrected chi connectivity index (χ0v) is 34.3. The summed E-state index contributed by atoms with van der Waals surface area (Å²) in [7, 11) is -4.72. The van der Waals surface area contributed by atoms with E-state index in [9.17, 15) is 48.1 Å². The fourth-order valence-electron chi connectivity index (χ4n) is 10.4. The van der Waals surface area contributed by atoms with Gasteiger partial charge in [-0.3, -0.25) is 14.1 Å². The number of Topliss-reactive ketones (excluding diaryl/α,β-unsaturated/α-hetero) is 2.